The Morgan fingerprint density at radius 1 is 1.56 bits per heavy atom. The summed E-state index contributed by atoms with van der Waals surface area (Å²) in [5, 5.41) is 6.45. The maximum atomic E-state index is 11.8. The second-order valence-electron chi connectivity index (χ2n) is 3.24. The van der Waals surface area contributed by atoms with Gasteiger partial charge in [0, 0.05) is 18.4 Å². The Hall–Kier alpha value is -1.85. The smallest absolute Gasteiger partial charge is 0.325 e. The molecular formula is C10H15N3O3. The highest BCUT2D eigenvalue weighted by Crippen LogP contribution is 1.99. The number of carbonyl (C=O) groups excluding carboxylic acids is 2. The highest BCUT2D eigenvalue weighted by molar-refractivity contribution is 5.83. The molecule has 16 heavy (non-hydrogen) atoms. The number of amides is 1. The lowest BCUT2D eigenvalue weighted by molar-refractivity contribution is -0.146. The van der Waals surface area contributed by atoms with Gasteiger partial charge in [-0.15, -0.1) is 0 Å². The topological polar surface area (TPSA) is 75.3 Å². The van der Waals surface area contributed by atoms with Crippen molar-refractivity contribution < 1.29 is 14.3 Å². The van der Waals surface area contributed by atoms with Crippen LogP contribution in [0.1, 0.15) is 12.6 Å². The van der Waals surface area contributed by atoms with Crippen LogP contribution in [0.2, 0.25) is 0 Å². The molecule has 1 rings (SSSR count). The van der Waals surface area contributed by atoms with Crippen molar-refractivity contribution in [1.29, 1.82) is 0 Å². The molecule has 0 aliphatic rings. The SMILES string of the molecule is CCN(CC(=O)OC)C(=O)Cc1ccn[nH]1. The number of esters is 1. The van der Waals surface area contributed by atoms with E-state index in [-0.39, 0.29) is 18.9 Å². The highest BCUT2D eigenvalue weighted by Gasteiger charge is 2.16. The van der Waals surface area contributed by atoms with Crippen molar-refractivity contribution in [3.8, 4) is 0 Å². The van der Waals surface area contributed by atoms with E-state index in [4.69, 9.17) is 0 Å². The Morgan fingerprint density at radius 3 is 2.81 bits per heavy atom. The fraction of sp³-hybridized carbons (Fsp3) is 0.500. The van der Waals surface area contributed by atoms with Gasteiger partial charge in [0.1, 0.15) is 6.54 Å². The number of hydrogen-bond donors (Lipinski definition) is 1. The maximum absolute atomic E-state index is 11.8. The minimum atomic E-state index is -0.417. The molecule has 1 aromatic rings. The van der Waals surface area contributed by atoms with Crippen LogP contribution in [0, 0.1) is 0 Å². The van der Waals surface area contributed by atoms with Gasteiger partial charge in [0.2, 0.25) is 5.91 Å². The maximum Gasteiger partial charge on any atom is 0.325 e. The summed E-state index contributed by atoms with van der Waals surface area (Å²) in [5.41, 5.74) is 0.730. The number of aromatic nitrogens is 2. The van der Waals surface area contributed by atoms with E-state index in [0.717, 1.165) is 5.69 Å². The zero-order valence-electron chi connectivity index (χ0n) is 9.40. The summed E-state index contributed by atoms with van der Waals surface area (Å²) >= 11 is 0. The molecule has 0 bridgehead atoms. The largest absolute Gasteiger partial charge is 0.468 e. The third-order valence-corrected chi connectivity index (χ3v) is 2.18. The second kappa shape index (κ2) is 5.89. The van der Waals surface area contributed by atoms with E-state index in [2.05, 4.69) is 14.9 Å². The zero-order chi connectivity index (χ0) is 12.0. The van der Waals surface area contributed by atoms with Crippen LogP contribution in [0.5, 0.6) is 0 Å². The summed E-state index contributed by atoms with van der Waals surface area (Å²) < 4.78 is 4.51. The minimum absolute atomic E-state index is 0.0139. The number of rotatable bonds is 5. The molecule has 0 fully saturated rings. The monoisotopic (exact) mass is 225 g/mol. The molecule has 0 saturated carbocycles. The van der Waals surface area contributed by atoms with Crippen molar-refractivity contribution in [3.63, 3.8) is 0 Å². The summed E-state index contributed by atoms with van der Waals surface area (Å²) in [7, 11) is 1.30. The van der Waals surface area contributed by atoms with Gasteiger partial charge in [0.05, 0.1) is 13.5 Å². The van der Waals surface area contributed by atoms with Gasteiger partial charge >= 0.3 is 5.97 Å². The van der Waals surface area contributed by atoms with Gasteiger partial charge in [-0.1, -0.05) is 0 Å². The van der Waals surface area contributed by atoms with Crippen LogP contribution in [0.4, 0.5) is 0 Å². The molecule has 0 aromatic carbocycles. The zero-order valence-corrected chi connectivity index (χ0v) is 9.40. The van der Waals surface area contributed by atoms with E-state index in [1.165, 1.54) is 12.0 Å². The number of nitrogens with one attached hydrogen (secondary N) is 1. The Bertz CT molecular complexity index is 348. The molecule has 0 radical (unpaired) electrons. The van der Waals surface area contributed by atoms with Gasteiger partial charge in [0.15, 0.2) is 0 Å². The van der Waals surface area contributed by atoms with Crippen LogP contribution in [-0.2, 0) is 20.7 Å². The summed E-state index contributed by atoms with van der Waals surface area (Å²) in [5.74, 6) is -0.544. The third kappa shape index (κ3) is 3.38. The molecule has 0 aliphatic carbocycles. The molecule has 6 nitrogen and oxygen atoms in total. The molecule has 0 unspecified atom stereocenters. The lowest BCUT2D eigenvalue weighted by Crippen LogP contribution is -2.37. The average Bonchev–Trinajstić information content (AvgIpc) is 2.77. The number of carbonyl (C=O) groups is 2. The first kappa shape index (κ1) is 12.2. The number of hydrogen-bond acceptors (Lipinski definition) is 4. The first-order chi connectivity index (χ1) is 7.67. The van der Waals surface area contributed by atoms with Crippen molar-refractivity contribution in [3.05, 3.63) is 18.0 Å². The summed E-state index contributed by atoms with van der Waals surface area (Å²) in [6.07, 6.45) is 1.80. The van der Waals surface area contributed by atoms with Gasteiger partial charge < -0.3 is 9.64 Å². The quantitative estimate of drug-likeness (QED) is 0.714. The first-order valence-electron chi connectivity index (χ1n) is 5.00. The van der Waals surface area contributed by atoms with Crippen LogP contribution in [0.15, 0.2) is 12.3 Å². The molecule has 0 aliphatic heterocycles. The van der Waals surface area contributed by atoms with E-state index in [9.17, 15) is 9.59 Å². The van der Waals surface area contributed by atoms with Crippen LogP contribution >= 0.6 is 0 Å². The van der Waals surface area contributed by atoms with Crippen LogP contribution in [0.25, 0.3) is 0 Å². The van der Waals surface area contributed by atoms with Gasteiger partial charge in [-0.25, -0.2) is 0 Å². The molecule has 0 saturated heterocycles. The predicted molar refractivity (Wildman–Crippen MR) is 56.6 cm³/mol. The lowest BCUT2D eigenvalue weighted by atomic mass is 10.3. The van der Waals surface area contributed by atoms with Gasteiger partial charge in [-0.05, 0) is 13.0 Å². The number of H-pyrrole nitrogens is 1. The van der Waals surface area contributed by atoms with Crippen molar-refractivity contribution in [2.45, 2.75) is 13.3 Å². The fourth-order valence-corrected chi connectivity index (χ4v) is 1.25. The Kier molecular flexibility index (Phi) is 4.50. The Morgan fingerprint density at radius 2 is 2.31 bits per heavy atom. The Labute approximate surface area is 93.6 Å². The Balaban J connectivity index is 2.52. The van der Waals surface area contributed by atoms with E-state index in [1.807, 2.05) is 6.92 Å². The van der Waals surface area contributed by atoms with Crippen LogP contribution in [0.3, 0.4) is 0 Å². The summed E-state index contributed by atoms with van der Waals surface area (Å²) in [4.78, 5) is 24.3. The van der Waals surface area contributed by atoms with Gasteiger partial charge in [-0.2, -0.15) is 5.10 Å². The van der Waals surface area contributed by atoms with Gasteiger partial charge in [-0.3, -0.25) is 14.7 Å². The first-order valence-corrected chi connectivity index (χ1v) is 5.00. The van der Waals surface area contributed by atoms with E-state index >= 15 is 0 Å². The van der Waals surface area contributed by atoms with E-state index < -0.39 is 5.97 Å². The van der Waals surface area contributed by atoms with Crippen LogP contribution in [-0.4, -0.2) is 47.2 Å². The standard InChI is InChI=1S/C10H15N3O3/c1-3-13(7-10(15)16-2)9(14)6-8-4-5-11-12-8/h4-5H,3,6-7H2,1-2H3,(H,11,12). The van der Waals surface area contributed by atoms with Crippen molar-refractivity contribution in [2.75, 3.05) is 20.2 Å². The molecule has 1 aromatic heterocycles. The average molecular weight is 225 g/mol. The number of ether oxygens (including phenoxy) is 1. The van der Waals surface area contributed by atoms with E-state index in [0.29, 0.717) is 6.54 Å². The predicted octanol–water partition coefficient (Wildman–Crippen LogP) is -0.0263. The molecule has 6 heteroatoms. The number of likely N-dealkylation sites (N-methyl/N-ethyl adjacent to an activating group) is 1. The van der Waals surface area contributed by atoms with E-state index in [1.54, 1.807) is 12.3 Å². The lowest BCUT2D eigenvalue weighted by Gasteiger charge is -2.18. The second-order valence-corrected chi connectivity index (χ2v) is 3.24. The summed E-state index contributed by atoms with van der Waals surface area (Å²) in [6, 6.07) is 1.73. The normalized spacial score (nSPS) is 9.88. The minimum Gasteiger partial charge on any atom is -0.468 e. The number of aromatic amines is 1. The number of methoxy groups -OCH3 is 1. The summed E-state index contributed by atoms with van der Waals surface area (Å²) in [6.45, 7) is 2.27. The molecule has 0 spiro atoms. The molecule has 1 N–H and O–H groups in total. The van der Waals surface area contributed by atoms with Crippen LogP contribution < -0.4 is 0 Å². The van der Waals surface area contributed by atoms with Crippen molar-refractivity contribution >= 4 is 11.9 Å². The fourth-order valence-electron chi connectivity index (χ4n) is 1.25. The molecule has 0 atom stereocenters. The van der Waals surface area contributed by atoms with Crippen molar-refractivity contribution in [1.82, 2.24) is 15.1 Å². The molecular weight excluding hydrogens is 210 g/mol. The van der Waals surface area contributed by atoms with Crippen molar-refractivity contribution in [2.24, 2.45) is 0 Å². The molecule has 88 valence electrons. The van der Waals surface area contributed by atoms with Gasteiger partial charge in [0.25, 0.3) is 0 Å². The number of nitrogens with zero attached hydrogens (tertiary/aromatic N) is 2. The highest BCUT2D eigenvalue weighted by atomic mass is 16.5. The third-order valence-electron chi connectivity index (χ3n) is 2.18. The molecule has 1 heterocycles. The molecule has 1 amide bonds.